The third-order valence-electron chi connectivity index (χ3n) is 2.08. The molecule has 5 heteroatoms. The molecule has 5 nitrogen and oxygen atoms in total. The molecule has 0 bridgehead atoms. The minimum absolute atomic E-state index is 0.320. The van der Waals surface area contributed by atoms with E-state index < -0.39 is 5.97 Å². The van der Waals surface area contributed by atoms with Crippen LogP contribution in [0.1, 0.15) is 25.8 Å². The van der Waals surface area contributed by atoms with Crippen molar-refractivity contribution in [1.82, 2.24) is 9.97 Å². The molecule has 0 aromatic carbocycles. The van der Waals surface area contributed by atoms with Gasteiger partial charge in [-0.3, -0.25) is 0 Å². The number of hydrogen-bond donors (Lipinski definition) is 2. The van der Waals surface area contributed by atoms with Gasteiger partial charge in [0.25, 0.3) is 0 Å². The van der Waals surface area contributed by atoms with Crippen molar-refractivity contribution in [3.63, 3.8) is 0 Å². The highest BCUT2D eigenvalue weighted by Crippen LogP contribution is 2.04. The van der Waals surface area contributed by atoms with Crippen molar-refractivity contribution in [2.75, 3.05) is 5.32 Å². The Morgan fingerprint density at radius 1 is 1.56 bits per heavy atom. The van der Waals surface area contributed by atoms with Crippen LogP contribution >= 0.6 is 0 Å². The van der Waals surface area contributed by atoms with E-state index in [-0.39, 0.29) is 0 Å². The van der Waals surface area contributed by atoms with Gasteiger partial charge in [-0.15, -0.1) is 0 Å². The predicted octanol–water partition coefficient (Wildman–Crippen LogP) is 1.78. The predicted molar refractivity (Wildman–Crippen MR) is 62.1 cm³/mol. The Morgan fingerprint density at radius 3 is 2.69 bits per heavy atom. The number of nitrogens with one attached hydrogen (secondary N) is 1. The number of anilines is 1. The molecule has 1 aromatic heterocycles. The highest BCUT2D eigenvalue weighted by atomic mass is 16.4. The summed E-state index contributed by atoms with van der Waals surface area (Å²) in [5.41, 5.74) is 0.664. The molecular weight excluding hydrogens is 206 g/mol. The minimum atomic E-state index is -0.984. The largest absolute Gasteiger partial charge is 0.478 e. The van der Waals surface area contributed by atoms with Crippen LogP contribution < -0.4 is 5.32 Å². The van der Waals surface area contributed by atoms with Gasteiger partial charge in [0, 0.05) is 30.1 Å². The molecule has 0 aliphatic carbocycles. The second kappa shape index (κ2) is 5.85. The maximum absolute atomic E-state index is 10.3. The summed E-state index contributed by atoms with van der Waals surface area (Å²) >= 11 is 0. The number of aliphatic carboxylic acids is 1. The van der Waals surface area contributed by atoms with Gasteiger partial charge in [-0.05, 0) is 19.4 Å². The van der Waals surface area contributed by atoms with E-state index in [1.54, 1.807) is 12.4 Å². The van der Waals surface area contributed by atoms with Gasteiger partial charge < -0.3 is 10.4 Å². The van der Waals surface area contributed by atoms with E-state index in [9.17, 15) is 4.79 Å². The van der Waals surface area contributed by atoms with Gasteiger partial charge in [-0.1, -0.05) is 6.92 Å². The maximum atomic E-state index is 10.3. The van der Waals surface area contributed by atoms with Crippen molar-refractivity contribution in [3.05, 3.63) is 24.0 Å². The summed E-state index contributed by atoms with van der Waals surface area (Å²) in [6, 6.07) is 0.320. The molecule has 0 aliphatic heterocycles. The molecule has 0 aliphatic rings. The average molecular weight is 221 g/mol. The number of hydrogen-bond acceptors (Lipinski definition) is 4. The van der Waals surface area contributed by atoms with Crippen LogP contribution in [0.3, 0.4) is 0 Å². The van der Waals surface area contributed by atoms with Crippen LogP contribution in [-0.2, 0) is 4.79 Å². The Bertz CT molecular complexity index is 373. The first-order chi connectivity index (χ1) is 7.61. The number of carboxylic acids is 1. The molecule has 0 saturated carbocycles. The zero-order valence-electron chi connectivity index (χ0n) is 9.34. The molecule has 1 aromatic rings. The highest BCUT2D eigenvalue weighted by molar-refractivity contribution is 5.85. The lowest BCUT2D eigenvalue weighted by molar-refractivity contribution is -0.131. The zero-order valence-corrected chi connectivity index (χ0v) is 9.34. The van der Waals surface area contributed by atoms with Crippen LogP contribution in [-0.4, -0.2) is 27.1 Å². The Morgan fingerprint density at radius 2 is 2.19 bits per heavy atom. The fourth-order valence-corrected chi connectivity index (χ4v) is 0.989. The number of carbonyl (C=O) groups is 1. The number of aromatic nitrogens is 2. The number of rotatable bonds is 5. The zero-order chi connectivity index (χ0) is 12.0. The molecule has 0 spiro atoms. The molecule has 16 heavy (non-hydrogen) atoms. The van der Waals surface area contributed by atoms with Crippen LogP contribution in [0.25, 0.3) is 6.08 Å². The van der Waals surface area contributed by atoms with Crippen molar-refractivity contribution in [2.45, 2.75) is 26.3 Å². The maximum Gasteiger partial charge on any atom is 0.328 e. The Kier molecular flexibility index (Phi) is 4.44. The molecule has 0 radical (unpaired) electrons. The number of nitrogens with zero attached hydrogens (tertiary/aromatic N) is 2. The van der Waals surface area contributed by atoms with Gasteiger partial charge in [0.1, 0.15) is 0 Å². The smallest absolute Gasteiger partial charge is 0.328 e. The summed E-state index contributed by atoms with van der Waals surface area (Å²) in [6.07, 6.45) is 6.66. The highest BCUT2D eigenvalue weighted by Gasteiger charge is 2.00. The molecular formula is C11H15N3O2. The van der Waals surface area contributed by atoms with E-state index in [4.69, 9.17) is 5.11 Å². The van der Waals surface area contributed by atoms with E-state index in [1.807, 2.05) is 6.92 Å². The quantitative estimate of drug-likeness (QED) is 0.741. The van der Waals surface area contributed by atoms with Crippen LogP contribution in [0.2, 0.25) is 0 Å². The van der Waals surface area contributed by atoms with Crippen molar-refractivity contribution in [3.8, 4) is 0 Å². The van der Waals surface area contributed by atoms with Gasteiger partial charge in [-0.25, -0.2) is 14.8 Å². The molecule has 1 unspecified atom stereocenters. The third-order valence-corrected chi connectivity index (χ3v) is 2.08. The second-order valence-corrected chi connectivity index (χ2v) is 3.47. The topological polar surface area (TPSA) is 75.1 Å². The Balaban J connectivity index is 2.64. The molecule has 0 saturated heterocycles. The molecule has 1 rings (SSSR count). The van der Waals surface area contributed by atoms with Gasteiger partial charge >= 0.3 is 5.97 Å². The monoisotopic (exact) mass is 221 g/mol. The fourth-order valence-electron chi connectivity index (χ4n) is 0.989. The normalized spacial score (nSPS) is 12.6. The van der Waals surface area contributed by atoms with Crippen molar-refractivity contribution >= 4 is 18.0 Å². The first-order valence-electron chi connectivity index (χ1n) is 5.11. The van der Waals surface area contributed by atoms with E-state index in [0.29, 0.717) is 17.6 Å². The molecule has 1 atom stereocenters. The van der Waals surface area contributed by atoms with Crippen molar-refractivity contribution < 1.29 is 9.90 Å². The summed E-state index contributed by atoms with van der Waals surface area (Å²) in [5, 5.41) is 11.6. The van der Waals surface area contributed by atoms with Gasteiger partial charge in [0.05, 0.1) is 0 Å². The summed E-state index contributed by atoms with van der Waals surface area (Å²) in [7, 11) is 0. The fraction of sp³-hybridized carbons (Fsp3) is 0.364. The van der Waals surface area contributed by atoms with Crippen molar-refractivity contribution in [2.24, 2.45) is 0 Å². The molecule has 2 N–H and O–H groups in total. The molecule has 1 heterocycles. The second-order valence-electron chi connectivity index (χ2n) is 3.47. The SMILES string of the molecule is CCC(C)Nc1ncc(/C=C/C(=O)O)cn1. The van der Waals surface area contributed by atoms with E-state index in [2.05, 4.69) is 22.2 Å². The minimum Gasteiger partial charge on any atom is -0.478 e. The van der Waals surface area contributed by atoms with Crippen LogP contribution in [0.15, 0.2) is 18.5 Å². The molecule has 0 fully saturated rings. The first-order valence-corrected chi connectivity index (χ1v) is 5.11. The summed E-state index contributed by atoms with van der Waals surface area (Å²) in [6.45, 7) is 4.11. The van der Waals surface area contributed by atoms with E-state index >= 15 is 0 Å². The van der Waals surface area contributed by atoms with Crippen LogP contribution in [0, 0.1) is 0 Å². The Hall–Kier alpha value is -1.91. The number of carboxylic acid groups (broad SMARTS) is 1. The molecule has 0 amide bonds. The van der Waals surface area contributed by atoms with Crippen LogP contribution in [0.5, 0.6) is 0 Å². The third kappa shape index (κ3) is 4.08. The molecule has 86 valence electrons. The van der Waals surface area contributed by atoms with E-state index in [1.165, 1.54) is 6.08 Å². The van der Waals surface area contributed by atoms with E-state index in [0.717, 1.165) is 12.5 Å². The van der Waals surface area contributed by atoms with Crippen LogP contribution in [0.4, 0.5) is 5.95 Å². The summed E-state index contributed by atoms with van der Waals surface area (Å²) < 4.78 is 0. The summed E-state index contributed by atoms with van der Waals surface area (Å²) in [4.78, 5) is 18.4. The Labute approximate surface area is 94.2 Å². The first kappa shape index (κ1) is 12.2. The van der Waals surface area contributed by atoms with Gasteiger partial charge in [0.15, 0.2) is 0 Å². The average Bonchev–Trinajstić information content (AvgIpc) is 2.28. The lowest BCUT2D eigenvalue weighted by Gasteiger charge is -2.10. The summed E-state index contributed by atoms with van der Waals surface area (Å²) in [5.74, 6) is -0.427. The van der Waals surface area contributed by atoms with Crippen molar-refractivity contribution in [1.29, 1.82) is 0 Å². The van der Waals surface area contributed by atoms with Gasteiger partial charge in [-0.2, -0.15) is 0 Å². The van der Waals surface area contributed by atoms with Gasteiger partial charge in [0.2, 0.25) is 5.95 Å². The lowest BCUT2D eigenvalue weighted by Crippen LogP contribution is -2.15. The lowest BCUT2D eigenvalue weighted by atomic mass is 10.3. The standard InChI is InChI=1S/C11H15N3O2/c1-3-8(2)14-11-12-6-9(7-13-11)4-5-10(15)16/h4-8H,3H2,1-2H3,(H,15,16)(H,12,13,14)/b5-4+.